The maximum Gasteiger partial charge on any atom is 0.449 e. The summed E-state index contributed by atoms with van der Waals surface area (Å²) < 4.78 is 71.1. The summed E-state index contributed by atoms with van der Waals surface area (Å²) >= 11 is 0. The molecule has 0 spiro atoms. The summed E-state index contributed by atoms with van der Waals surface area (Å²) in [5, 5.41) is 2.11. The molecule has 3 aromatic rings. The normalized spacial score (nSPS) is 11.5. The molecule has 0 radical (unpaired) electrons. The van der Waals surface area contributed by atoms with Crippen molar-refractivity contribution < 1.29 is 36.3 Å². The van der Waals surface area contributed by atoms with Crippen molar-refractivity contribution in [2.45, 2.75) is 12.7 Å². The highest BCUT2D eigenvalue weighted by Gasteiger charge is 2.38. The second-order valence-corrected chi connectivity index (χ2v) is 5.88. The van der Waals surface area contributed by atoms with Crippen LogP contribution in [0.3, 0.4) is 0 Å². The summed E-state index contributed by atoms with van der Waals surface area (Å²) in [6.45, 7) is -1.69. The van der Waals surface area contributed by atoms with Crippen LogP contribution < -0.4 is 5.32 Å². The molecule has 1 heterocycles. The van der Waals surface area contributed by atoms with Crippen molar-refractivity contribution in [3.8, 4) is 0 Å². The second kappa shape index (κ2) is 7.86. The van der Waals surface area contributed by atoms with Gasteiger partial charge in [-0.05, 0) is 24.3 Å². The first-order valence-corrected chi connectivity index (χ1v) is 8.07. The van der Waals surface area contributed by atoms with Crippen LogP contribution in [0.25, 0.3) is 11.0 Å². The summed E-state index contributed by atoms with van der Waals surface area (Å²) in [4.78, 5) is 27.2. The van der Waals surface area contributed by atoms with Gasteiger partial charge in [0.1, 0.15) is 18.2 Å². The van der Waals surface area contributed by atoms with Gasteiger partial charge < -0.3 is 14.6 Å². The Kier molecular flexibility index (Phi) is 5.48. The third-order valence-corrected chi connectivity index (χ3v) is 3.71. The number of amides is 1. The fourth-order valence-electron chi connectivity index (χ4n) is 2.60. The van der Waals surface area contributed by atoms with Crippen LogP contribution in [0, 0.1) is 11.6 Å². The van der Waals surface area contributed by atoms with Crippen LogP contribution in [0.4, 0.5) is 27.6 Å². The van der Waals surface area contributed by atoms with E-state index in [1.54, 1.807) is 0 Å². The molecule has 1 aromatic heterocycles. The number of alkyl halides is 3. The number of ether oxygens (including phenoxy) is 1. The SMILES string of the molecule is O=C(COC(=O)Cn1c(C(F)(F)F)nc2ccccc21)Nc1cc(F)cc(F)c1. The van der Waals surface area contributed by atoms with Gasteiger partial charge in [-0.2, -0.15) is 13.2 Å². The smallest absolute Gasteiger partial charge is 0.449 e. The summed E-state index contributed by atoms with van der Waals surface area (Å²) in [5.41, 5.74) is -0.0986. The number of nitrogens with zero attached hydrogens (tertiary/aromatic N) is 2. The van der Waals surface area contributed by atoms with E-state index in [-0.39, 0.29) is 16.7 Å². The molecular formula is C18H12F5N3O3. The lowest BCUT2D eigenvalue weighted by Crippen LogP contribution is -2.25. The van der Waals surface area contributed by atoms with E-state index in [9.17, 15) is 31.5 Å². The zero-order valence-corrected chi connectivity index (χ0v) is 14.5. The number of esters is 1. The van der Waals surface area contributed by atoms with E-state index in [0.29, 0.717) is 10.6 Å². The fourth-order valence-corrected chi connectivity index (χ4v) is 2.60. The number of para-hydroxylation sites is 2. The van der Waals surface area contributed by atoms with E-state index in [2.05, 4.69) is 15.0 Å². The first kappa shape index (κ1) is 20.2. The number of nitrogens with one attached hydrogen (secondary N) is 1. The molecule has 0 aliphatic rings. The number of halogens is 5. The Morgan fingerprint density at radius 1 is 1.07 bits per heavy atom. The molecule has 0 saturated carbocycles. The van der Waals surface area contributed by atoms with E-state index >= 15 is 0 Å². The van der Waals surface area contributed by atoms with Crippen LogP contribution in [-0.4, -0.2) is 28.0 Å². The van der Waals surface area contributed by atoms with Crippen molar-refractivity contribution in [1.82, 2.24) is 9.55 Å². The molecule has 2 aromatic carbocycles. The lowest BCUT2D eigenvalue weighted by atomic mass is 10.3. The molecule has 0 fully saturated rings. The first-order chi connectivity index (χ1) is 13.6. The van der Waals surface area contributed by atoms with Crippen LogP contribution >= 0.6 is 0 Å². The first-order valence-electron chi connectivity index (χ1n) is 8.07. The Bertz CT molecular complexity index is 1060. The molecule has 0 bridgehead atoms. The van der Waals surface area contributed by atoms with Crippen LogP contribution in [0.1, 0.15) is 5.82 Å². The quantitative estimate of drug-likeness (QED) is 0.513. The molecule has 0 atom stereocenters. The van der Waals surface area contributed by atoms with Gasteiger partial charge in [0.25, 0.3) is 5.91 Å². The second-order valence-electron chi connectivity index (χ2n) is 5.88. The van der Waals surface area contributed by atoms with Crippen LogP contribution in [0.15, 0.2) is 42.5 Å². The van der Waals surface area contributed by atoms with Gasteiger partial charge in [-0.15, -0.1) is 0 Å². The maximum atomic E-state index is 13.2. The molecule has 29 heavy (non-hydrogen) atoms. The minimum atomic E-state index is -4.81. The standard InChI is InChI=1S/C18H12F5N3O3/c19-10-5-11(20)7-12(6-10)24-15(27)9-29-16(28)8-26-14-4-2-1-3-13(14)25-17(26)18(21,22)23/h1-7H,8-9H2,(H,24,27). The molecule has 1 N–H and O–H groups in total. The van der Waals surface area contributed by atoms with Gasteiger partial charge in [-0.1, -0.05) is 12.1 Å². The number of hydrogen-bond acceptors (Lipinski definition) is 4. The van der Waals surface area contributed by atoms with Gasteiger partial charge in [-0.3, -0.25) is 9.59 Å². The predicted octanol–water partition coefficient (Wildman–Crippen LogP) is 3.52. The number of rotatable bonds is 5. The van der Waals surface area contributed by atoms with Crippen LogP contribution in [0.5, 0.6) is 0 Å². The number of hydrogen-bond donors (Lipinski definition) is 1. The molecule has 152 valence electrons. The molecular weight excluding hydrogens is 401 g/mol. The minimum Gasteiger partial charge on any atom is -0.454 e. The summed E-state index contributed by atoms with van der Waals surface area (Å²) in [6.07, 6.45) is -4.81. The van der Waals surface area contributed by atoms with Gasteiger partial charge in [0.15, 0.2) is 6.61 Å². The van der Waals surface area contributed by atoms with Gasteiger partial charge in [-0.25, -0.2) is 13.8 Å². The third kappa shape index (κ3) is 4.86. The minimum absolute atomic E-state index is 0.0403. The van der Waals surface area contributed by atoms with E-state index < -0.39 is 48.7 Å². The van der Waals surface area contributed by atoms with Gasteiger partial charge >= 0.3 is 12.1 Å². The Labute approximate surface area is 159 Å². The van der Waals surface area contributed by atoms with Crippen LogP contribution in [0.2, 0.25) is 0 Å². The Morgan fingerprint density at radius 2 is 1.72 bits per heavy atom. The predicted molar refractivity (Wildman–Crippen MR) is 90.7 cm³/mol. The lowest BCUT2D eigenvalue weighted by molar-refractivity contribution is -0.152. The van der Waals surface area contributed by atoms with E-state index in [4.69, 9.17) is 0 Å². The summed E-state index contributed by atoms with van der Waals surface area (Å²) in [6, 6.07) is 7.98. The topological polar surface area (TPSA) is 73.2 Å². The van der Waals surface area contributed by atoms with E-state index in [0.717, 1.165) is 12.1 Å². The number of aromatic nitrogens is 2. The summed E-state index contributed by atoms with van der Waals surface area (Å²) in [7, 11) is 0. The Hall–Kier alpha value is -3.50. The van der Waals surface area contributed by atoms with Crippen molar-refractivity contribution in [3.63, 3.8) is 0 Å². The number of fused-ring (bicyclic) bond motifs is 1. The highest BCUT2D eigenvalue weighted by atomic mass is 19.4. The van der Waals surface area contributed by atoms with Gasteiger partial charge in [0.05, 0.1) is 11.0 Å². The van der Waals surface area contributed by atoms with Gasteiger partial charge in [0, 0.05) is 11.8 Å². The fraction of sp³-hybridized carbons (Fsp3) is 0.167. The molecule has 0 aliphatic carbocycles. The molecule has 11 heteroatoms. The van der Waals surface area contributed by atoms with Crippen molar-refractivity contribution in [3.05, 3.63) is 59.9 Å². The molecule has 6 nitrogen and oxygen atoms in total. The lowest BCUT2D eigenvalue weighted by Gasteiger charge is -2.11. The molecule has 1 amide bonds. The average molecular weight is 413 g/mol. The number of carbonyl (C=O) groups excluding carboxylic acids is 2. The van der Waals surface area contributed by atoms with E-state index in [1.807, 2.05) is 0 Å². The molecule has 3 rings (SSSR count). The number of carbonyl (C=O) groups is 2. The zero-order valence-electron chi connectivity index (χ0n) is 14.5. The monoisotopic (exact) mass is 413 g/mol. The van der Waals surface area contributed by atoms with Crippen molar-refractivity contribution >= 4 is 28.6 Å². The maximum absolute atomic E-state index is 13.2. The van der Waals surface area contributed by atoms with Crippen molar-refractivity contribution in [1.29, 1.82) is 0 Å². The van der Waals surface area contributed by atoms with E-state index in [1.165, 1.54) is 24.3 Å². The van der Waals surface area contributed by atoms with Crippen molar-refractivity contribution in [2.24, 2.45) is 0 Å². The highest BCUT2D eigenvalue weighted by molar-refractivity contribution is 5.92. The Morgan fingerprint density at radius 3 is 2.38 bits per heavy atom. The van der Waals surface area contributed by atoms with Crippen molar-refractivity contribution in [2.75, 3.05) is 11.9 Å². The van der Waals surface area contributed by atoms with Gasteiger partial charge in [0.2, 0.25) is 5.82 Å². The molecule has 0 unspecified atom stereocenters. The number of benzene rings is 2. The average Bonchev–Trinajstić information content (AvgIpc) is 2.98. The van der Waals surface area contributed by atoms with Crippen LogP contribution in [-0.2, 0) is 27.0 Å². The molecule has 0 aliphatic heterocycles. The Balaban J connectivity index is 1.67. The number of imidazole rings is 1. The molecule has 0 saturated heterocycles. The largest absolute Gasteiger partial charge is 0.454 e. The summed E-state index contributed by atoms with van der Waals surface area (Å²) in [5.74, 6) is -5.18. The highest BCUT2D eigenvalue weighted by Crippen LogP contribution is 2.31. The number of anilines is 1. The third-order valence-electron chi connectivity index (χ3n) is 3.71. The zero-order chi connectivity index (χ0) is 21.2.